The Kier molecular flexibility index (Phi) is 6.02. The van der Waals surface area contributed by atoms with Gasteiger partial charge in [0.1, 0.15) is 22.8 Å². The molecule has 1 amide bonds. The Morgan fingerprint density at radius 2 is 1.80 bits per heavy atom. The van der Waals surface area contributed by atoms with Gasteiger partial charge in [-0.2, -0.15) is 5.10 Å². The van der Waals surface area contributed by atoms with Crippen LogP contribution < -0.4 is 5.32 Å². The lowest BCUT2D eigenvalue weighted by molar-refractivity contribution is -0.117. The standard InChI is InChI=1S/C30H26FN7O2/c1-30(2,3)11-27(40)34-19-7-17(12-32-13-19)23-4-5-24-28(36-23)29(38-37-24)25-10-21-22(14-33-15-26(21)35-25)16-6-18(31)9-20(39)8-16/h4-10,12-15,35,39H,11H2,1-3H3,(H,34,40)(H,37,38). The third-order valence-electron chi connectivity index (χ3n) is 6.41. The van der Waals surface area contributed by atoms with Crippen molar-refractivity contribution in [2.45, 2.75) is 27.2 Å². The van der Waals surface area contributed by atoms with Gasteiger partial charge < -0.3 is 15.4 Å². The third-order valence-corrected chi connectivity index (χ3v) is 6.41. The van der Waals surface area contributed by atoms with E-state index in [1.165, 1.54) is 12.1 Å². The first-order valence-corrected chi connectivity index (χ1v) is 12.7. The van der Waals surface area contributed by atoms with E-state index in [1.54, 1.807) is 24.8 Å². The highest BCUT2D eigenvalue weighted by Gasteiger charge is 2.18. The van der Waals surface area contributed by atoms with Crippen LogP contribution in [0.1, 0.15) is 27.2 Å². The Hall–Kier alpha value is -5.12. The highest BCUT2D eigenvalue weighted by atomic mass is 19.1. The molecule has 0 bridgehead atoms. The second kappa shape index (κ2) is 9.57. The monoisotopic (exact) mass is 535 g/mol. The van der Waals surface area contributed by atoms with Crippen molar-refractivity contribution in [3.8, 4) is 39.5 Å². The van der Waals surface area contributed by atoms with Gasteiger partial charge in [-0.1, -0.05) is 20.8 Å². The molecular weight excluding hydrogens is 509 g/mol. The first-order chi connectivity index (χ1) is 19.1. The van der Waals surface area contributed by atoms with E-state index in [4.69, 9.17) is 4.98 Å². The molecule has 0 aliphatic carbocycles. The summed E-state index contributed by atoms with van der Waals surface area (Å²) < 4.78 is 14.0. The average molecular weight is 536 g/mol. The van der Waals surface area contributed by atoms with E-state index >= 15 is 0 Å². The first kappa shape index (κ1) is 25.2. The molecule has 6 aromatic rings. The smallest absolute Gasteiger partial charge is 0.224 e. The molecule has 5 heterocycles. The molecule has 4 N–H and O–H groups in total. The van der Waals surface area contributed by atoms with Gasteiger partial charge in [0.2, 0.25) is 5.91 Å². The zero-order chi connectivity index (χ0) is 28.0. The Labute approximate surface area is 228 Å². The highest BCUT2D eigenvalue weighted by molar-refractivity contribution is 6.00. The van der Waals surface area contributed by atoms with Gasteiger partial charge in [0.25, 0.3) is 0 Å². The second-order valence-electron chi connectivity index (χ2n) is 10.9. The molecule has 0 saturated carbocycles. The Morgan fingerprint density at radius 1 is 0.975 bits per heavy atom. The van der Waals surface area contributed by atoms with Gasteiger partial charge in [-0.05, 0) is 47.4 Å². The van der Waals surface area contributed by atoms with Crippen molar-refractivity contribution in [3.05, 3.63) is 73.1 Å². The van der Waals surface area contributed by atoms with Gasteiger partial charge in [0, 0.05) is 41.4 Å². The van der Waals surface area contributed by atoms with E-state index in [0.29, 0.717) is 45.8 Å². The van der Waals surface area contributed by atoms with Gasteiger partial charge in [0.05, 0.1) is 40.5 Å². The van der Waals surface area contributed by atoms with Crippen molar-refractivity contribution in [2.24, 2.45) is 5.41 Å². The Morgan fingerprint density at radius 3 is 2.60 bits per heavy atom. The van der Waals surface area contributed by atoms with Crippen LogP contribution in [0.5, 0.6) is 5.75 Å². The molecule has 10 heteroatoms. The number of benzene rings is 1. The van der Waals surface area contributed by atoms with Crippen LogP contribution in [-0.4, -0.2) is 41.1 Å². The van der Waals surface area contributed by atoms with E-state index < -0.39 is 5.82 Å². The van der Waals surface area contributed by atoms with E-state index in [9.17, 15) is 14.3 Å². The average Bonchev–Trinajstić information content (AvgIpc) is 3.50. The van der Waals surface area contributed by atoms with Crippen LogP contribution in [0.2, 0.25) is 0 Å². The number of aromatic nitrogens is 6. The summed E-state index contributed by atoms with van der Waals surface area (Å²) in [6.45, 7) is 6.04. The number of amides is 1. The lowest BCUT2D eigenvalue weighted by Crippen LogP contribution is -2.19. The topological polar surface area (TPSA) is 132 Å². The molecule has 0 aliphatic rings. The lowest BCUT2D eigenvalue weighted by atomic mass is 9.92. The number of anilines is 1. The minimum Gasteiger partial charge on any atom is -0.508 e. The zero-order valence-corrected chi connectivity index (χ0v) is 22.1. The number of carbonyl (C=O) groups excluding carboxylic acids is 1. The molecule has 0 saturated heterocycles. The molecule has 6 rings (SSSR count). The summed E-state index contributed by atoms with van der Waals surface area (Å²) in [6.07, 6.45) is 7.01. The number of phenols is 1. The van der Waals surface area contributed by atoms with Gasteiger partial charge in [0.15, 0.2) is 0 Å². The SMILES string of the molecule is CC(C)(C)CC(=O)Nc1cncc(-c2ccc3[nH]nc(-c4cc5c(-c6cc(O)cc(F)c6)cncc5[nH]4)c3n2)c1. The fraction of sp³-hybridized carbons (Fsp3) is 0.167. The number of pyridine rings is 3. The van der Waals surface area contributed by atoms with Gasteiger partial charge in [-0.25, -0.2) is 9.37 Å². The van der Waals surface area contributed by atoms with Crippen LogP contribution in [0.4, 0.5) is 10.1 Å². The zero-order valence-electron chi connectivity index (χ0n) is 22.1. The van der Waals surface area contributed by atoms with Crippen LogP contribution in [0.15, 0.2) is 67.3 Å². The fourth-order valence-corrected chi connectivity index (χ4v) is 4.72. The quantitative estimate of drug-likeness (QED) is 0.201. The predicted molar refractivity (Wildman–Crippen MR) is 152 cm³/mol. The summed E-state index contributed by atoms with van der Waals surface area (Å²) in [5, 5.41) is 21.2. The van der Waals surface area contributed by atoms with Crippen molar-refractivity contribution in [2.75, 3.05) is 5.32 Å². The summed E-state index contributed by atoms with van der Waals surface area (Å²) >= 11 is 0. The normalized spacial score (nSPS) is 11.8. The van der Waals surface area contributed by atoms with Gasteiger partial charge >= 0.3 is 0 Å². The number of fused-ring (bicyclic) bond motifs is 2. The molecule has 0 aliphatic heterocycles. The number of hydrogen-bond donors (Lipinski definition) is 4. The first-order valence-electron chi connectivity index (χ1n) is 12.7. The van der Waals surface area contributed by atoms with Gasteiger partial charge in [-0.15, -0.1) is 0 Å². The summed E-state index contributed by atoms with van der Waals surface area (Å²) in [7, 11) is 0. The van der Waals surface area contributed by atoms with E-state index in [2.05, 4.69) is 30.5 Å². The second-order valence-corrected chi connectivity index (χ2v) is 10.9. The summed E-state index contributed by atoms with van der Waals surface area (Å²) in [5.41, 5.74) is 6.47. The lowest BCUT2D eigenvalue weighted by Gasteiger charge is -2.17. The number of phenolic OH excluding ortho intramolecular Hbond substituents is 1. The van der Waals surface area contributed by atoms with Gasteiger partial charge in [-0.3, -0.25) is 19.9 Å². The van der Waals surface area contributed by atoms with Crippen LogP contribution in [0, 0.1) is 11.2 Å². The number of rotatable bonds is 5. The molecule has 5 aromatic heterocycles. The van der Waals surface area contributed by atoms with E-state index in [0.717, 1.165) is 28.0 Å². The van der Waals surface area contributed by atoms with Crippen molar-refractivity contribution < 1.29 is 14.3 Å². The molecule has 0 fully saturated rings. The minimum atomic E-state index is -0.537. The maximum absolute atomic E-state index is 14.0. The summed E-state index contributed by atoms with van der Waals surface area (Å²) in [5.74, 6) is -0.775. The number of halogens is 1. The summed E-state index contributed by atoms with van der Waals surface area (Å²) in [4.78, 5) is 29.2. The number of hydrogen-bond acceptors (Lipinski definition) is 6. The molecule has 0 unspecified atom stereocenters. The highest BCUT2D eigenvalue weighted by Crippen LogP contribution is 2.35. The number of nitrogens with zero attached hydrogens (tertiary/aromatic N) is 4. The van der Waals surface area contributed by atoms with Crippen molar-refractivity contribution >= 4 is 33.5 Å². The molecule has 200 valence electrons. The number of aromatic hydroxyl groups is 1. The minimum absolute atomic E-state index is 0.0758. The molecule has 40 heavy (non-hydrogen) atoms. The van der Waals surface area contributed by atoms with Crippen LogP contribution in [0.25, 0.3) is 55.7 Å². The predicted octanol–water partition coefficient (Wildman–Crippen LogP) is 6.45. The molecule has 0 radical (unpaired) electrons. The van der Waals surface area contributed by atoms with Crippen molar-refractivity contribution in [1.29, 1.82) is 0 Å². The number of H-pyrrole nitrogens is 2. The molecule has 0 spiro atoms. The van der Waals surface area contributed by atoms with Crippen LogP contribution >= 0.6 is 0 Å². The van der Waals surface area contributed by atoms with E-state index in [1.807, 2.05) is 45.0 Å². The van der Waals surface area contributed by atoms with Crippen molar-refractivity contribution in [1.82, 2.24) is 30.1 Å². The number of nitrogens with one attached hydrogen (secondary N) is 3. The Bertz CT molecular complexity index is 1880. The van der Waals surface area contributed by atoms with Crippen LogP contribution in [0.3, 0.4) is 0 Å². The molecule has 0 atom stereocenters. The third kappa shape index (κ3) is 4.98. The van der Waals surface area contributed by atoms with Crippen LogP contribution in [-0.2, 0) is 4.79 Å². The number of aromatic amines is 2. The summed E-state index contributed by atoms with van der Waals surface area (Å²) in [6, 6.07) is 11.4. The van der Waals surface area contributed by atoms with E-state index in [-0.39, 0.29) is 17.1 Å². The molecular formula is C30H26FN7O2. The molecule has 1 aromatic carbocycles. The Balaban J connectivity index is 1.37. The fourth-order valence-electron chi connectivity index (χ4n) is 4.72. The maximum atomic E-state index is 14.0. The maximum Gasteiger partial charge on any atom is 0.224 e. The number of carbonyl (C=O) groups is 1. The van der Waals surface area contributed by atoms with Crippen molar-refractivity contribution in [3.63, 3.8) is 0 Å². The molecule has 9 nitrogen and oxygen atoms in total. The largest absolute Gasteiger partial charge is 0.508 e.